The van der Waals surface area contributed by atoms with Crippen LogP contribution in [0.4, 0.5) is 11.4 Å². The summed E-state index contributed by atoms with van der Waals surface area (Å²) < 4.78 is 0. The molecule has 0 aromatic heterocycles. The lowest BCUT2D eigenvalue weighted by Gasteiger charge is -2.19. The Hall–Kier alpha value is -2.80. The summed E-state index contributed by atoms with van der Waals surface area (Å²) in [6.07, 6.45) is 1.12. The lowest BCUT2D eigenvalue weighted by Crippen LogP contribution is -2.22. The third kappa shape index (κ3) is 3.57. The Morgan fingerprint density at radius 3 is 2.79 bits per heavy atom. The number of carbonyl (C=O) groups excluding carboxylic acids is 1. The van der Waals surface area contributed by atoms with Gasteiger partial charge in [0.1, 0.15) is 6.07 Å². The van der Waals surface area contributed by atoms with Crippen LogP contribution < -0.4 is 10.2 Å². The highest BCUT2D eigenvalue weighted by molar-refractivity contribution is 5.95. The number of anilines is 2. The standard InChI is InChI=1S/C20H21N3O/c1-15(24)17-7-8-18(12-21)20(11-17)22-13-16-9-10-23(14-16)19-5-3-2-4-6-19/h2-8,11,16,22H,9-10,13-14H2,1H3. The van der Waals surface area contributed by atoms with Crippen molar-refractivity contribution in [3.63, 3.8) is 0 Å². The van der Waals surface area contributed by atoms with Crippen LogP contribution in [0.15, 0.2) is 48.5 Å². The molecule has 0 amide bonds. The van der Waals surface area contributed by atoms with Gasteiger partial charge in [0.15, 0.2) is 5.78 Å². The molecule has 2 aromatic carbocycles. The molecule has 0 saturated carbocycles. The topological polar surface area (TPSA) is 56.1 Å². The number of nitriles is 1. The van der Waals surface area contributed by atoms with Crippen LogP contribution in [-0.2, 0) is 0 Å². The van der Waals surface area contributed by atoms with Gasteiger partial charge in [-0.2, -0.15) is 5.26 Å². The molecule has 0 radical (unpaired) electrons. The number of rotatable bonds is 5. The van der Waals surface area contributed by atoms with Gasteiger partial charge in [-0.15, -0.1) is 0 Å². The van der Waals surface area contributed by atoms with Crippen molar-refractivity contribution < 1.29 is 4.79 Å². The second kappa shape index (κ2) is 7.18. The maximum Gasteiger partial charge on any atom is 0.159 e. The highest BCUT2D eigenvalue weighted by Gasteiger charge is 2.22. The number of ketones is 1. The molecule has 4 nitrogen and oxygen atoms in total. The molecule has 0 spiro atoms. The van der Waals surface area contributed by atoms with Gasteiger partial charge in [0.2, 0.25) is 0 Å². The molecule has 1 N–H and O–H groups in total. The van der Waals surface area contributed by atoms with E-state index in [1.807, 2.05) is 6.07 Å². The van der Waals surface area contributed by atoms with Gasteiger partial charge in [-0.25, -0.2) is 0 Å². The van der Waals surface area contributed by atoms with Crippen LogP contribution in [0.5, 0.6) is 0 Å². The summed E-state index contributed by atoms with van der Waals surface area (Å²) in [5, 5.41) is 12.6. The first-order valence-corrected chi connectivity index (χ1v) is 8.26. The molecule has 1 unspecified atom stereocenters. The number of carbonyl (C=O) groups is 1. The van der Waals surface area contributed by atoms with Crippen LogP contribution >= 0.6 is 0 Å². The molecule has 3 rings (SSSR count). The highest BCUT2D eigenvalue weighted by Crippen LogP contribution is 2.25. The molecule has 1 aliphatic heterocycles. The summed E-state index contributed by atoms with van der Waals surface area (Å²) in [5.74, 6) is 0.538. The predicted molar refractivity (Wildman–Crippen MR) is 96.4 cm³/mol. The summed E-state index contributed by atoms with van der Waals surface area (Å²) in [5.41, 5.74) is 3.23. The van der Waals surface area contributed by atoms with E-state index in [9.17, 15) is 10.1 Å². The molecule has 1 saturated heterocycles. The minimum atomic E-state index is 0.0126. The first-order chi connectivity index (χ1) is 11.7. The fourth-order valence-corrected chi connectivity index (χ4v) is 3.13. The van der Waals surface area contributed by atoms with Crippen molar-refractivity contribution in [1.82, 2.24) is 0 Å². The first kappa shape index (κ1) is 16.1. The molecular weight excluding hydrogens is 298 g/mol. The molecule has 24 heavy (non-hydrogen) atoms. The predicted octanol–water partition coefficient (Wildman–Crippen LogP) is 3.70. The molecule has 0 bridgehead atoms. The Morgan fingerprint density at radius 1 is 1.29 bits per heavy atom. The van der Waals surface area contributed by atoms with Crippen molar-refractivity contribution >= 4 is 17.2 Å². The Labute approximate surface area is 142 Å². The van der Waals surface area contributed by atoms with Gasteiger partial charge in [-0.05, 0) is 49.6 Å². The van der Waals surface area contributed by atoms with Gasteiger partial charge in [0.05, 0.1) is 11.3 Å². The van der Waals surface area contributed by atoms with E-state index < -0.39 is 0 Å². The number of benzene rings is 2. The first-order valence-electron chi connectivity index (χ1n) is 8.26. The van der Waals surface area contributed by atoms with Crippen molar-refractivity contribution in [3.8, 4) is 6.07 Å². The zero-order valence-corrected chi connectivity index (χ0v) is 13.8. The van der Waals surface area contributed by atoms with E-state index in [-0.39, 0.29) is 5.78 Å². The quantitative estimate of drug-likeness (QED) is 0.854. The maximum atomic E-state index is 11.5. The average molecular weight is 319 g/mol. The number of nitrogens with zero attached hydrogens (tertiary/aromatic N) is 2. The number of hydrogen-bond donors (Lipinski definition) is 1. The fraction of sp³-hybridized carbons (Fsp3) is 0.300. The number of hydrogen-bond acceptors (Lipinski definition) is 4. The summed E-state index contributed by atoms with van der Waals surface area (Å²) in [6, 6.07) is 17.8. The smallest absolute Gasteiger partial charge is 0.159 e. The van der Waals surface area contributed by atoms with Gasteiger partial charge in [-0.1, -0.05) is 18.2 Å². The van der Waals surface area contributed by atoms with Crippen molar-refractivity contribution in [2.24, 2.45) is 5.92 Å². The molecule has 4 heteroatoms. The maximum absolute atomic E-state index is 11.5. The molecule has 122 valence electrons. The van der Waals surface area contributed by atoms with Gasteiger partial charge < -0.3 is 10.2 Å². The van der Waals surface area contributed by atoms with E-state index in [0.29, 0.717) is 17.0 Å². The summed E-state index contributed by atoms with van der Waals surface area (Å²) in [4.78, 5) is 13.9. The third-order valence-corrected chi connectivity index (χ3v) is 4.53. The Balaban J connectivity index is 1.63. The monoisotopic (exact) mass is 319 g/mol. The summed E-state index contributed by atoms with van der Waals surface area (Å²) in [7, 11) is 0. The van der Waals surface area contributed by atoms with Gasteiger partial charge >= 0.3 is 0 Å². The average Bonchev–Trinajstić information content (AvgIpc) is 3.09. The van der Waals surface area contributed by atoms with Crippen LogP contribution in [0, 0.1) is 17.2 Å². The zero-order valence-electron chi connectivity index (χ0n) is 13.8. The van der Waals surface area contributed by atoms with E-state index in [4.69, 9.17) is 0 Å². The van der Waals surface area contributed by atoms with E-state index in [0.717, 1.165) is 31.7 Å². The van der Waals surface area contributed by atoms with Crippen molar-refractivity contribution in [3.05, 3.63) is 59.7 Å². The number of Topliss-reactive ketones (excluding diaryl/α,β-unsaturated/α-hetero) is 1. The van der Waals surface area contributed by atoms with Crippen molar-refractivity contribution in [2.75, 3.05) is 29.9 Å². The molecule has 0 aliphatic carbocycles. The Kier molecular flexibility index (Phi) is 4.81. The Bertz CT molecular complexity index is 764. The summed E-state index contributed by atoms with van der Waals surface area (Å²) in [6.45, 7) is 4.40. The minimum Gasteiger partial charge on any atom is -0.384 e. The number of para-hydroxylation sites is 1. The summed E-state index contributed by atoms with van der Waals surface area (Å²) >= 11 is 0. The Morgan fingerprint density at radius 2 is 2.08 bits per heavy atom. The molecule has 2 aromatic rings. The van der Waals surface area contributed by atoms with Crippen LogP contribution in [0.25, 0.3) is 0 Å². The van der Waals surface area contributed by atoms with Crippen molar-refractivity contribution in [2.45, 2.75) is 13.3 Å². The van der Waals surface area contributed by atoms with Gasteiger partial charge in [0.25, 0.3) is 0 Å². The fourth-order valence-electron chi connectivity index (χ4n) is 3.13. The van der Waals surface area contributed by atoms with Gasteiger partial charge in [-0.3, -0.25) is 4.79 Å². The lowest BCUT2D eigenvalue weighted by atomic mass is 10.1. The third-order valence-electron chi connectivity index (χ3n) is 4.53. The minimum absolute atomic E-state index is 0.0126. The molecule has 1 aliphatic rings. The molecule has 1 heterocycles. The largest absolute Gasteiger partial charge is 0.384 e. The van der Waals surface area contributed by atoms with Crippen LogP contribution in [0.3, 0.4) is 0 Å². The van der Waals surface area contributed by atoms with E-state index >= 15 is 0 Å². The second-order valence-corrected chi connectivity index (χ2v) is 6.25. The van der Waals surface area contributed by atoms with E-state index in [1.54, 1.807) is 25.1 Å². The molecule has 1 atom stereocenters. The van der Waals surface area contributed by atoms with Crippen molar-refractivity contribution in [1.29, 1.82) is 5.26 Å². The molecular formula is C20H21N3O. The van der Waals surface area contributed by atoms with E-state index in [2.05, 4.69) is 40.6 Å². The second-order valence-electron chi connectivity index (χ2n) is 6.25. The van der Waals surface area contributed by atoms with Crippen LogP contribution in [0.2, 0.25) is 0 Å². The normalized spacial score (nSPS) is 16.7. The number of nitrogens with one attached hydrogen (secondary N) is 1. The van der Waals surface area contributed by atoms with E-state index in [1.165, 1.54) is 5.69 Å². The SMILES string of the molecule is CC(=O)c1ccc(C#N)c(NCC2CCN(c3ccccc3)C2)c1. The lowest BCUT2D eigenvalue weighted by molar-refractivity contribution is 0.101. The zero-order chi connectivity index (χ0) is 16.9. The van der Waals surface area contributed by atoms with Crippen LogP contribution in [-0.4, -0.2) is 25.4 Å². The highest BCUT2D eigenvalue weighted by atomic mass is 16.1. The molecule has 1 fully saturated rings. The van der Waals surface area contributed by atoms with Crippen LogP contribution in [0.1, 0.15) is 29.3 Å². The van der Waals surface area contributed by atoms with Gasteiger partial charge in [0, 0.05) is 30.9 Å².